The number of ether oxygens (including phenoxy) is 1. The third-order valence-electron chi connectivity index (χ3n) is 1.89. The van der Waals surface area contributed by atoms with Gasteiger partial charge in [-0.05, 0) is 12.3 Å². The first-order valence-electron chi connectivity index (χ1n) is 4.05. The van der Waals surface area contributed by atoms with Gasteiger partial charge in [-0.1, -0.05) is 19.1 Å². The summed E-state index contributed by atoms with van der Waals surface area (Å²) < 4.78 is 5.40. The van der Waals surface area contributed by atoms with Crippen LogP contribution in [0.5, 0.6) is 0 Å². The second-order valence-corrected chi connectivity index (χ2v) is 3.00. The molecule has 0 spiro atoms. The van der Waals surface area contributed by atoms with Crippen molar-refractivity contribution in [2.45, 2.75) is 25.9 Å². The summed E-state index contributed by atoms with van der Waals surface area (Å²) >= 11 is 0. The second kappa shape index (κ2) is 4.29. The van der Waals surface area contributed by atoms with E-state index in [1.54, 1.807) is 0 Å². The largest absolute Gasteiger partial charge is 0.374 e. The maximum absolute atomic E-state index is 10.2. The first kappa shape index (κ1) is 8.47. The van der Waals surface area contributed by atoms with E-state index < -0.39 is 0 Å². The van der Waals surface area contributed by atoms with Crippen LogP contribution in [0.2, 0.25) is 0 Å². The topological polar surface area (TPSA) is 26.3 Å². The highest BCUT2D eigenvalue weighted by atomic mass is 16.5. The molecule has 0 aliphatic carbocycles. The van der Waals surface area contributed by atoms with Gasteiger partial charge in [-0.2, -0.15) is 0 Å². The molecule has 2 unspecified atom stereocenters. The Labute approximate surface area is 67.2 Å². The molecule has 0 saturated carbocycles. The zero-order valence-corrected chi connectivity index (χ0v) is 6.82. The molecule has 0 aromatic rings. The van der Waals surface area contributed by atoms with E-state index in [1.807, 2.05) is 6.08 Å². The number of carbonyl (C=O) groups is 1. The first-order valence-corrected chi connectivity index (χ1v) is 4.05. The summed E-state index contributed by atoms with van der Waals surface area (Å²) in [5, 5.41) is 0. The molecule has 2 heteroatoms. The van der Waals surface area contributed by atoms with Gasteiger partial charge in [0.2, 0.25) is 0 Å². The number of hydrogen-bond donors (Lipinski definition) is 0. The molecule has 0 fully saturated rings. The average Bonchev–Trinajstić information content (AvgIpc) is 2.15. The summed E-state index contributed by atoms with van der Waals surface area (Å²) in [7, 11) is 0. The van der Waals surface area contributed by atoms with Crippen LogP contribution < -0.4 is 0 Å². The van der Waals surface area contributed by atoms with Crippen LogP contribution >= 0.6 is 0 Å². The molecule has 0 N–H and O–H groups in total. The van der Waals surface area contributed by atoms with Crippen LogP contribution in [-0.2, 0) is 9.53 Å². The molecular formula is C9H14O2. The quantitative estimate of drug-likeness (QED) is 0.445. The summed E-state index contributed by atoms with van der Waals surface area (Å²) in [6, 6.07) is 0. The van der Waals surface area contributed by atoms with Crippen molar-refractivity contribution in [2.75, 3.05) is 6.61 Å². The summed E-state index contributed by atoms with van der Waals surface area (Å²) in [4.78, 5) is 10.2. The number of rotatable bonds is 2. The molecule has 1 aliphatic rings. The molecule has 0 amide bonds. The SMILES string of the molecule is CC1C=CCOC(CC=O)C1. The van der Waals surface area contributed by atoms with Crippen molar-refractivity contribution in [3.05, 3.63) is 12.2 Å². The van der Waals surface area contributed by atoms with Crippen LogP contribution in [0.4, 0.5) is 0 Å². The summed E-state index contributed by atoms with van der Waals surface area (Å²) in [5.41, 5.74) is 0. The highest BCUT2D eigenvalue weighted by Crippen LogP contribution is 2.15. The molecule has 1 aliphatic heterocycles. The second-order valence-electron chi connectivity index (χ2n) is 3.00. The van der Waals surface area contributed by atoms with Crippen LogP contribution in [0, 0.1) is 5.92 Å². The van der Waals surface area contributed by atoms with Gasteiger partial charge in [0.1, 0.15) is 6.29 Å². The molecule has 2 atom stereocenters. The number of carbonyl (C=O) groups excluding carboxylic acids is 1. The molecule has 0 saturated heterocycles. The Hall–Kier alpha value is -0.630. The normalized spacial score (nSPS) is 31.4. The van der Waals surface area contributed by atoms with Crippen LogP contribution in [-0.4, -0.2) is 19.0 Å². The molecule has 0 aromatic heterocycles. The van der Waals surface area contributed by atoms with E-state index >= 15 is 0 Å². The maximum Gasteiger partial charge on any atom is 0.122 e. The van der Waals surface area contributed by atoms with Crippen LogP contribution in [0.25, 0.3) is 0 Å². The highest BCUT2D eigenvalue weighted by molar-refractivity contribution is 5.50. The molecule has 1 heterocycles. The molecule has 1 rings (SSSR count). The smallest absolute Gasteiger partial charge is 0.122 e. The Balaban J connectivity index is 2.38. The minimum absolute atomic E-state index is 0.137. The summed E-state index contributed by atoms with van der Waals surface area (Å²) in [6.07, 6.45) is 6.74. The Morgan fingerprint density at radius 1 is 1.73 bits per heavy atom. The molecule has 62 valence electrons. The van der Waals surface area contributed by atoms with Gasteiger partial charge in [0.05, 0.1) is 12.7 Å². The van der Waals surface area contributed by atoms with Crippen LogP contribution in [0.15, 0.2) is 12.2 Å². The standard InChI is InChI=1S/C9H14O2/c1-8-3-2-6-11-9(7-8)4-5-10/h2-3,5,8-9H,4,6-7H2,1H3. The van der Waals surface area contributed by atoms with E-state index in [0.717, 1.165) is 12.7 Å². The Morgan fingerprint density at radius 3 is 3.27 bits per heavy atom. The minimum atomic E-state index is 0.137. The summed E-state index contributed by atoms with van der Waals surface area (Å²) in [5.74, 6) is 0.544. The Kier molecular flexibility index (Phi) is 3.30. The lowest BCUT2D eigenvalue weighted by Crippen LogP contribution is -2.14. The zero-order valence-electron chi connectivity index (χ0n) is 6.82. The lowest BCUT2D eigenvalue weighted by Gasteiger charge is -2.13. The lowest BCUT2D eigenvalue weighted by atomic mass is 10.0. The van der Waals surface area contributed by atoms with Gasteiger partial charge in [0, 0.05) is 6.42 Å². The fourth-order valence-corrected chi connectivity index (χ4v) is 1.31. The van der Waals surface area contributed by atoms with Crippen LogP contribution in [0.3, 0.4) is 0 Å². The fourth-order valence-electron chi connectivity index (χ4n) is 1.31. The maximum atomic E-state index is 10.2. The predicted octanol–water partition coefficient (Wildman–Crippen LogP) is 1.56. The van der Waals surface area contributed by atoms with E-state index in [0.29, 0.717) is 18.9 Å². The zero-order chi connectivity index (χ0) is 8.10. The number of hydrogen-bond acceptors (Lipinski definition) is 2. The average molecular weight is 154 g/mol. The molecule has 2 nitrogen and oxygen atoms in total. The monoisotopic (exact) mass is 154 g/mol. The van der Waals surface area contributed by atoms with Gasteiger partial charge >= 0.3 is 0 Å². The number of allylic oxidation sites excluding steroid dienone is 1. The molecule has 0 radical (unpaired) electrons. The highest BCUT2D eigenvalue weighted by Gasteiger charge is 2.13. The van der Waals surface area contributed by atoms with Gasteiger partial charge in [0.15, 0.2) is 0 Å². The van der Waals surface area contributed by atoms with E-state index in [-0.39, 0.29) is 6.10 Å². The van der Waals surface area contributed by atoms with Gasteiger partial charge < -0.3 is 9.53 Å². The van der Waals surface area contributed by atoms with E-state index in [1.165, 1.54) is 0 Å². The Bertz CT molecular complexity index is 152. The number of aldehydes is 1. The third kappa shape index (κ3) is 2.85. The van der Waals surface area contributed by atoms with Gasteiger partial charge in [-0.3, -0.25) is 0 Å². The van der Waals surface area contributed by atoms with Crippen LogP contribution in [0.1, 0.15) is 19.8 Å². The van der Waals surface area contributed by atoms with Gasteiger partial charge in [0.25, 0.3) is 0 Å². The minimum Gasteiger partial charge on any atom is -0.374 e. The Morgan fingerprint density at radius 2 is 2.55 bits per heavy atom. The molecular weight excluding hydrogens is 140 g/mol. The first-order chi connectivity index (χ1) is 5.33. The third-order valence-corrected chi connectivity index (χ3v) is 1.89. The summed E-state index contributed by atoms with van der Waals surface area (Å²) in [6.45, 7) is 2.80. The van der Waals surface area contributed by atoms with Crippen molar-refractivity contribution >= 4 is 6.29 Å². The van der Waals surface area contributed by atoms with E-state index in [2.05, 4.69) is 13.0 Å². The van der Waals surface area contributed by atoms with Gasteiger partial charge in [-0.25, -0.2) is 0 Å². The van der Waals surface area contributed by atoms with Gasteiger partial charge in [-0.15, -0.1) is 0 Å². The van der Waals surface area contributed by atoms with Crippen molar-refractivity contribution in [1.82, 2.24) is 0 Å². The predicted molar refractivity (Wildman–Crippen MR) is 43.3 cm³/mol. The molecule has 0 aromatic carbocycles. The van der Waals surface area contributed by atoms with Crippen molar-refractivity contribution in [3.8, 4) is 0 Å². The molecule has 0 bridgehead atoms. The van der Waals surface area contributed by atoms with Crippen molar-refractivity contribution in [1.29, 1.82) is 0 Å². The van der Waals surface area contributed by atoms with Crippen molar-refractivity contribution in [3.63, 3.8) is 0 Å². The fraction of sp³-hybridized carbons (Fsp3) is 0.667. The van der Waals surface area contributed by atoms with Crippen molar-refractivity contribution in [2.24, 2.45) is 5.92 Å². The lowest BCUT2D eigenvalue weighted by molar-refractivity contribution is -0.110. The van der Waals surface area contributed by atoms with E-state index in [4.69, 9.17) is 4.74 Å². The molecule has 11 heavy (non-hydrogen) atoms. The van der Waals surface area contributed by atoms with E-state index in [9.17, 15) is 4.79 Å². The van der Waals surface area contributed by atoms with Crippen molar-refractivity contribution < 1.29 is 9.53 Å².